The third-order valence-corrected chi connectivity index (χ3v) is 3.70. The van der Waals surface area contributed by atoms with E-state index < -0.39 is 39.6 Å². The molecule has 1 amide bonds. The van der Waals surface area contributed by atoms with Gasteiger partial charge in [-0.1, -0.05) is 0 Å². The summed E-state index contributed by atoms with van der Waals surface area (Å²) >= 11 is 0. The lowest BCUT2D eigenvalue weighted by Gasteiger charge is -2.26. The SMILES string of the molecule is O=C(O)/C(=C/c1cc(O)c(O)c([N+](=O)[O-])c1)C(=O)N1CCCCC1. The van der Waals surface area contributed by atoms with Gasteiger partial charge in [0.05, 0.1) is 4.92 Å². The molecule has 1 aliphatic rings. The molecule has 0 spiro atoms. The zero-order valence-electron chi connectivity index (χ0n) is 12.6. The van der Waals surface area contributed by atoms with Crippen LogP contribution in [0, 0.1) is 10.1 Å². The minimum atomic E-state index is -1.47. The fourth-order valence-electron chi connectivity index (χ4n) is 2.50. The van der Waals surface area contributed by atoms with Crippen LogP contribution in [-0.4, -0.2) is 50.1 Å². The number of likely N-dealkylation sites (tertiary alicyclic amines) is 1. The van der Waals surface area contributed by atoms with Crippen molar-refractivity contribution in [1.82, 2.24) is 4.90 Å². The molecular weight excluding hydrogens is 320 g/mol. The van der Waals surface area contributed by atoms with Crippen molar-refractivity contribution in [2.24, 2.45) is 0 Å². The molecule has 0 bridgehead atoms. The number of phenols is 2. The molecule has 9 heteroatoms. The van der Waals surface area contributed by atoms with Crippen LogP contribution in [0.15, 0.2) is 17.7 Å². The number of nitrogens with zero attached hydrogens (tertiary/aromatic N) is 2. The second-order valence-corrected chi connectivity index (χ2v) is 5.38. The van der Waals surface area contributed by atoms with E-state index >= 15 is 0 Å². The first-order valence-corrected chi connectivity index (χ1v) is 7.26. The van der Waals surface area contributed by atoms with Crippen molar-refractivity contribution >= 4 is 23.6 Å². The molecule has 128 valence electrons. The molecule has 3 N–H and O–H groups in total. The maximum Gasteiger partial charge on any atom is 0.341 e. The predicted molar refractivity (Wildman–Crippen MR) is 82.5 cm³/mol. The molecule has 1 aliphatic heterocycles. The molecule has 24 heavy (non-hydrogen) atoms. The minimum Gasteiger partial charge on any atom is -0.504 e. The summed E-state index contributed by atoms with van der Waals surface area (Å²) in [6, 6.07) is 1.84. The monoisotopic (exact) mass is 336 g/mol. The lowest BCUT2D eigenvalue weighted by Crippen LogP contribution is -2.38. The number of hydrogen-bond donors (Lipinski definition) is 3. The van der Waals surface area contributed by atoms with Crippen molar-refractivity contribution in [2.45, 2.75) is 19.3 Å². The van der Waals surface area contributed by atoms with E-state index in [4.69, 9.17) is 0 Å². The molecule has 0 saturated carbocycles. The van der Waals surface area contributed by atoms with Crippen molar-refractivity contribution in [3.05, 3.63) is 33.4 Å². The van der Waals surface area contributed by atoms with Gasteiger partial charge in [0.2, 0.25) is 5.75 Å². The Labute approximate surface area is 136 Å². The number of nitro groups is 1. The van der Waals surface area contributed by atoms with E-state index in [0.717, 1.165) is 37.5 Å². The van der Waals surface area contributed by atoms with E-state index in [0.29, 0.717) is 13.1 Å². The first kappa shape index (κ1) is 17.3. The quantitative estimate of drug-likeness (QED) is 0.189. The molecule has 0 atom stereocenters. The Balaban J connectivity index is 2.42. The minimum absolute atomic E-state index is 0.0697. The van der Waals surface area contributed by atoms with Crippen molar-refractivity contribution in [2.75, 3.05) is 13.1 Å². The highest BCUT2D eigenvalue weighted by atomic mass is 16.6. The standard InChI is InChI=1S/C15H16N2O7/c18-12-8-9(7-11(13(12)19)17(23)24)6-10(15(21)22)14(20)16-4-2-1-3-5-16/h6-8,18-19H,1-5H2,(H,21,22)/b10-6+. The van der Waals surface area contributed by atoms with E-state index in [9.17, 15) is 35.0 Å². The smallest absolute Gasteiger partial charge is 0.341 e. The van der Waals surface area contributed by atoms with Crippen molar-refractivity contribution in [3.8, 4) is 11.5 Å². The van der Waals surface area contributed by atoms with Crippen LogP contribution in [0.25, 0.3) is 6.08 Å². The van der Waals surface area contributed by atoms with Gasteiger partial charge >= 0.3 is 11.7 Å². The Bertz CT molecular complexity index is 721. The van der Waals surface area contributed by atoms with Gasteiger partial charge in [-0.05, 0) is 37.0 Å². The van der Waals surface area contributed by atoms with Crippen LogP contribution in [-0.2, 0) is 9.59 Å². The van der Waals surface area contributed by atoms with Gasteiger partial charge in [-0.3, -0.25) is 14.9 Å². The summed E-state index contributed by atoms with van der Waals surface area (Å²) in [5.41, 5.74) is -1.41. The Morgan fingerprint density at radius 3 is 2.33 bits per heavy atom. The second-order valence-electron chi connectivity index (χ2n) is 5.38. The number of rotatable bonds is 4. The molecule has 0 unspecified atom stereocenters. The fourth-order valence-corrected chi connectivity index (χ4v) is 2.50. The van der Waals surface area contributed by atoms with E-state index in [1.165, 1.54) is 4.90 Å². The summed E-state index contributed by atoms with van der Waals surface area (Å²) in [7, 11) is 0. The summed E-state index contributed by atoms with van der Waals surface area (Å²) in [5.74, 6) is -3.85. The van der Waals surface area contributed by atoms with Gasteiger partial charge in [0.25, 0.3) is 5.91 Å². The first-order valence-electron chi connectivity index (χ1n) is 7.26. The second kappa shape index (κ2) is 6.99. The molecule has 1 fully saturated rings. The van der Waals surface area contributed by atoms with Gasteiger partial charge in [0.15, 0.2) is 5.75 Å². The Morgan fingerprint density at radius 1 is 1.17 bits per heavy atom. The van der Waals surface area contributed by atoms with Gasteiger partial charge in [-0.25, -0.2) is 4.79 Å². The van der Waals surface area contributed by atoms with E-state index in [2.05, 4.69) is 0 Å². The number of piperidine rings is 1. The van der Waals surface area contributed by atoms with E-state index in [1.54, 1.807) is 0 Å². The van der Waals surface area contributed by atoms with E-state index in [-0.39, 0.29) is 5.56 Å². The molecule has 1 aromatic carbocycles. The molecule has 0 aliphatic carbocycles. The predicted octanol–water partition coefficient (Wildman–Crippen LogP) is 1.49. The maximum atomic E-state index is 12.3. The van der Waals surface area contributed by atoms with Crippen LogP contribution in [0.3, 0.4) is 0 Å². The lowest BCUT2D eigenvalue weighted by molar-refractivity contribution is -0.386. The Kier molecular flexibility index (Phi) is 5.02. The number of amides is 1. The number of benzene rings is 1. The average molecular weight is 336 g/mol. The van der Waals surface area contributed by atoms with Crippen LogP contribution in [0.1, 0.15) is 24.8 Å². The maximum absolute atomic E-state index is 12.3. The number of carboxylic acids is 1. The van der Waals surface area contributed by atoms with Crippen LogP contribution in [0.5, 0.6) is 11.5 Å². The van der Waals surface area contributed by atoms with Gasteiger partial charge < -0.3 is 20.2 Å². The van der Waals surface area contributed by atoms with Crippen LogP contribution in [0.4, 0.5) is 5.69 Å². The van der Waals surface area contributed by atoms with Gasteiger partial charge in [-0.15, -0.1) is 0 Å². The Hall–Kier alpha value is -3.10. The topological polar surface area (TPSA) is 141 Å². The third-order valence-electron chi connectivity index (χ3n) is 3.70. The average Bonchev–Trinajstić information content (AvgIpc) is 2.55. The van der Waals surface area contributed by atoms with Crippen molar-refractivity contribution < 1.29 is 29.8 Å². The van der Waals surface area contributed by atoms with Crippen LogP contribution in [0.2, 0.25) is 0 Å². The number of aliphatic carboxylic acids is 1. The summed E-state index contributed by atoms with van der Waals surface area (Å²) in [4.78, 5) is 35.1. The van der Waals surface area contributed by atoms with Crippen molar-refractivity contribution in [3.63, 3.8) is 0 Å². The molecule has 2 rings (SSSR count). The highest BCUT2D eigenvalue weighted by Gasteiger charge is 2.26. The van der Waals surface area contributed by atoms with Crippen molar-refractivity contribution in [1.29, 1.82) is 0 Å². The molecular formula is C15H16N2O7. The number of phenolic OH excluding ortho intramolecular Hbond substituents is 2. The number of carbonyl (C=O) groups is 2. The van der Waals surface area contributed by atoms with Crippen LogP contribution < -0.4 is 0 Å². The van der Waals surface area contributed by atoms with Crippen LogP contribution >= 0.6 is 0 Å². The highest BCUT2D eigenvalue weighted by Crippen LogP contribution is 2.36. The summed E-state index contributed by atoms with van der Waals surface area (Å²) in [6.45, 7) is 0.898. The third kappa shape index (κ3) is 3.62. The number of nitro benzene ring substituents is 1. The molecule has 1 heterocycles. The number of carbonyl (C=O) groups excluding carboxylic acids is 1. The van der Waals surface area contributed by atoms with Gasteiger partial charge in [0, 0.05) is 19.2 Å². The first-order chi connectivity index (χ1) is 11.3. The zero-order valence-corrected chi connectivity index (χ0v) is 12.6. The summed E-state index contributed by atoms with van der Waals surface area (Å²) < 4.78 is 0. The fraction of sp³-hybridized carbons (Fsp3) is 0.333. The molecule has 1 aromatic rings. The van der Waals surface area contributed by atoms with Gasteiger partial charge in [-0.2, -0.15) is 0 Å². The Morgan fingerprint density at radius 2 is 1.79 bits per heavy atom. The summed E-state index contributed by atoms with van der Waals surface area (Å²) in [6.07, 6.45) is 3.48. The molecule has 9 nitrogen and oxygen atoms in total. The summed E-state index contributed by atoms with van der Waals surface area (Å²) in [5, 5.41) is 39.1. The number of carboxylic acid groups (broad SMARTS) is 1. The number of hydrogen-bond acceptors (Lipinski definition) is 6. The van der Waals surface area contributed by atoms with Gasteiger partial charge in [0.1, 0.15) is 5.57 Å². The van der Waals surface area contributed by atoms with E-state index in [1.807, 2.05) is 0 Å². The zero-order chi connectivity index (χ0) is 17.9. The molecule has 0 radical (unpaired) electrons. The number of aromatic hydroxyl groups is 2. The highest BCUT2D eigenvalue weighted by molar-refractivity contribution is 6.19. The normalized spacial score (nSPS) is 15.2. The molecule has 1 saturated heterocycles. The molecule has 0 aromatic heterocycles. The lowest BCUT2D eigenvalue weighted by atomic mass is 10.1. The largest absolute Gasteiger partial charge is 0.504 e.